The van der Waals surface area contributed by atoms with Crippen LogP contribution in [0.3, 0.4) is 0 Å². The minimum atomic E-state index is -0.0994. The molecular formula is C14H17BrCl2N4. The molecule has 2 aromatic rings. The van der Waals surface area contributed by atoms with Crippen molar-refractivity contribution in [3.05, 3.63) is 49.7 Å². The molecule has 0 fully saturated rings. The summed E-state index contributed by atoms with van der Waals surface area (Å²) in [6, 6.07) is 5.33. The van der Waals surface area contributed by atoms with Crippen molar-refractivity contribution in [1.82, 2.24) is 15.2 Å². The second-order valence-electron chi connectivity index (χ2n) is 4.81. The number of hydrogen-bond acceptors (Lipinski definition) is 3. The number of aryl methyl sites for hydroxylation is 2. The zero-order valence-electron chi connectivity index (χ0n) is 11.8. The number of aromatic nitrogens is 2. The molecule has 0 saturated carbocycles. The normalized spacial score (nSPS) is 12.7. The van der Waals surface area contributed by atoms with Gasteiger partial charge in [0.2, 0.25) is 0 Å². The molecular weight excluding hydrogens is 375 g/mol. The Hall–Kier alpha value is -0.590. The molecule has 4 nitrogen and oxygen atoms in total. The van der Waals surface area contributed by atoms with Crippen molar-refractivity contribution in [1.29, 1.82) is 0 Å². The van der Waals surface area contributed by atoms with Crippen molar-refractivity contribution in [3.8, 4) is 0 Å². The minimum absolute atomic E-state index is 0.0994. The average Bonchev–Trinajstić information content (AvgIpc) is 2.70. The Balaban J connectivity index is 2.33. The summed E-state index contributed by atoms with van der Waals surface area (Å²) in [5.41, 5.74) is 5.88. The Bertz CT molecular complexity index is 622. The van der Waals surface area contributed by atoms with Crippen LogP contribution in [0.15, 0.2) is 22.7 Å². The topological polar surface area (TPSA) is 55.9 Å². The second-order valence-corrected chi connectivity index (χ2v) is 6.48. The first kappa shape index (κ1) is 16.8. The van der Waals surface area contributed by atoms with Gasteiger partial charge >= 0.3 is 0 Å². The molecule has 0 aliphatic heterocycles. The smallest absolute Gasteiger partial charge is 0.0766 e. The average molecular weight is 392 g/mol. The largest absolute Gasteiger partial charge is 0.271 e. The summed E-state index contributed by atoms with van der Waals surface area (Å²) in [7, 11) is 1.93. The van der Waals surface area contributed by atoms with E-state index in [0.717, 1.165) is 27.8 Å². The first-order valence-corrected chi connectivity index (χ1v) is 8.13. The van der Waals surface area contributed by atoms with E-state index < -0.39 is 0 Å². The van der Waals surface area contributed by atoms with Crippen molar-refractivity contribution in [2.75, 3.05) is 0 Å². The van der Waals surface area contributed by atoms with Crippen molar-refractivity contribution in [2.24, 2.45) is 12.9 Å². The van der Waals surface area contributed by atoms with Gasteiger partial charge in [0, 0.05) is 23.5 Å². The van der Waals surface area contributed by atoms with Crippen LogP contribution in [-0.4, -0.2) is 9.78 Å². The Morgan fingerprint density at radius 2 is 1.95 bits per heavy atom. The first-order valence-electron chi connectivity index (χ1n) is 6.58. The summed E-state index contributed by atoms with van der Waals surface area (Å²) in [4.78, 5) is 0. The summed E-state index contributed by atoms with van der Waals surface area (Å²) in [6.45, 7) is 2.08. The van der Waals surface area contributed by atoms with Crippen LogP contribution in [0.2, 0.25) is 10.0 Å². The highest BCUT2D eigenvalue weighted by atomic mass is 79.9. The third kappa shape index (κ3) is 3.79. The van der Waals surface area contributed by atoms with Gasteiger partial charge in [-0.3, -0.25) is 16.0 Å². The highest BCUT2D eigenvalue weighted by Crippen LogP contribution is 2.29. The number of rotatable bonds is 5. The lowest BCUT2D eigenvalue weighted by Crippen LogP contribution is -2.30. The monoisotopic (exact) mass is 390 g/mol. The molecule has 0 saturated heterocycles. The number of hydrogen-bond donors (Lipinski definition) is 2. The molecule has 21 heavy (non-hydrogen) atoms. The van der Waals surface area contributed by atoms with E-state index in [1.165, 1.54) is 0 Å². The fourth-order valence-corrected chi connectivity index (χ4v) is 3.61. The van der Waals surface area contributed by atoms with Crippen molar-refractivity contribution in [2.45, 2.75) is 25.8 Å². The van der Waals surface area contributed by atoms with Gasteiger partial charge in [0.1, 0.15) is 0 Å². The summed E-state index contributed by atoms with van der Waals surface area (Å²) >= 11 is 15.7. The Morgan fingerprint density at radius 1 is 1.33 bits per heavy atom. The van der Waals surface area contributed by atoms with Crippen LogP contribution in [0.1, 0.15) is 29.9 Å². The highest BCUT2D eigenvalue weighted by molar-refractivity contribution is 9.10. The molecule has 0 aliphatic carbocycles. The van der Waals surface area contributed by atoms with E-state index in [1.807, 2.05) is 23.9 Å². The molecule has 0 radical (unpaired) electrons. The molecule has 1 heterocycles. The Morgan fingerprint density at radius 3 is 2.43 bits per heavy atom. The van der Waals surface area contributed by atoms with Gasteiger partial charge in [0.05, 0.1) is 21.9 Å². The van der Waals surface area contributed by atoms with Gasteiger partial charge in [-0.25, -0.2) is 0 Å². The molecule has 0 spiro atoms. The fraction of sp³-hybridized carbons (Fsp3) is 0.357. The van der Waals surface area contributed by atoms with Crippen LogP contribution in [-0.2, 0) is 19.9 Å². The summed E-state index contributed by atoms with van der Waals surface area (Å²) in [5, 5.41) is 5.68. The van der Waals surface area contributed by atoms with E-state index in [9.17, 15) is 0 Å². The number of nitrogens with one attached hydrogen (secondary N) is 1. The van der Waals surface area contributed by atoms with Gasteiger partial charge in [-0.15, -0.1) is 0 Å². The predicted octanol–water partition coefficient (Wildman–Crippen LogP) is 3.80. The number of hydrazine groups is 1. The van der Waals surface area contributed by atoms with Crippen molar-refractivity contribution in [3.63, 3.8) is 0 Å². The number of benzene rings is 1. The van der Waals surface area contributed by atoms with E-state index in [-0.39, 0.29) is 6.04 Å². The molecule has 0 amide bonds. The molecule has 1 unspecified atom stereocenters. The van der Waals surface area contributed by atoms with E-state index in [4.69, 9.17) is 29.0 Å². The molecule has 1 aromatic carbocycles. The van der Waals surface area contributed by atoms with Crippen LogP contribution in [0.4, 0.5) is 0 Å². The Kier molecular flexibility index (Phi) is 5.68. The van der Waals surface area contributed by atoms with Gasteiger partial charge in [0.25, 0.3) is 0 Å². The maximum absolute atomic E-state index is 6.06. The molecule has 0 bridgehead atoms. The summed E-state index contributed by atoms with van der Waals surface area (Å²) < 4.78 is 2.90. The molecule has 2 rings (SSSR count). The number of halogens is 3. The van der Waals surface area contributed by atoms with E-state index >= 15 is 0 Å². The summed E-state index contributed by atoms with van der Waals surface area (Å²) in [6.07, 6.45) is 1.55. The molecule has 1 atom stereocenters. The minimum Gasteiger partial charge on any atom is -0.271 e. The van der Waals surface area contributed by atoms with E-state index in [2.05, 4.69) is 33.4 Å². The lowest BCUT2D eigenvalue weighted by molar-refractivity contribution is 0.529. The third-order valence-electron chi connectivity index (χ3n) is 3.39. The van der Waals surface area contributed by atoms with Crippen LogP contribution >= 0.6 is 39.1 Å². The van der Waals surface area contributed by atoms with Crippen molar-refractivity contribution >= 4 is 39.1 Å². The highest BCUT2D eigenvalue weighted by Gasteiger charge is 2.19. The third-order valence-corrected chi connectivity index (χ3v) is 4.74. The maximum atomic E-state index is 6.06. The lowest BCUT2D eigenvalue weighted by atomic mass is 10.0. The van der Waals surface area contributed by atoms with Crippen LogP contribution in [0, 0.1) is 0 Å². The fourth-order valence-electron chi connectivity index (χ4n) is 2.28. The molecule has 114 valence electrons. The zero-order valence-corrected chi connectivity index (χ0v) is 14.9. The second kappa shape index (κ2) is 7.11. The van der Waals surface area contributed by atoms with Gasteiger partial charge in [-0.1, -0.05) is 30.1 Å². The molecule has 1 aromatic heterocycles. The number of nitrogens with zero attached hydrogens (tertiary/aromatic N) is 2. The van der Waals surface area contributed by atoms with E-state index in [1.54, 1.807) is 6.07 Å². The first-order chi connectivity index (χ1) is 9.96. The van der Waals surface area contributed by atoms with Crippen LogP contribution in [0.25, 0.3) is 0 Å². The van der Waals surface area contributed by atoms with Gasteiger partial charge in [-0.05, 0) is 46.1 Å². The van der Waals surface area contributed by atoms with Gasteiger partial charge in [0.15, 0.2) is 0 Å². The SMILES string of the molecule is CCc1nn(C)c(CC(NN)c2cc(Cl)cc(Cl)c2)c1Br. The predicted molar refractivity (Wildman–Crippen MR) is 90.5 cm³/mol. The lowest BCUT2D eigenvalue weighted by Gasteiger charge is -2.17. The zero-order chi connectivity index (χ0) is 15.6. The van der Waals surface area contributed by atoms with Gasteiger partial charge in [-0.2, -0.15) is 5.10 Å². The van der Waals surface area contributed by atoms with Crippen LogP contribution in [0.5, 0.6) is 0 Å². The molecule has 3 N–H and O–H groups in total. The maximum Gasteiger partial charge on any atom is 0.0766 e. The van der Waals surface area contributed by atoms with Crippen LogP contribution < -0.4 is 11.3 Å². The quantitative estimate of drug-likeness (QED) is 0.602. The van der Waals surface area contributed by atoms with E-state index in [0.29, 0.717) is 16.5 Å². The molecule has 0 aliphatic rings. The van der Waals surface area contributed by atoms with Gasteiger partial charge < -0.3 is 0 Å². The molecule has 7 heteroatoms. The Labute approximate surface area is 142 Å². The number of nitrogens with two attached hydrogens (primary N) is 1. The standard InChI is InChI=1S/C14H17BrCl2N4/c1-3-11-14(15)13(21(2)20-11)7-12(19-18)8-4-9(16)6-10(17)5-8/h4-6,12,19H,3,7,18H2,1-2H3. The van der Waals surface area contributed by atoms with Crippen molar-refractivity contribution < 1.29 is 0 Å². The summed E-state index contributed by atoms with van der Waals surface area (Å²) in [5.74, 6) is 5.71.